The van der Waals surface area contributed by atoms with Gasteiger partial charge < -0.3 is 10.6 Å². The Morgan fingerprint density at radius 2 is 2.05 bits per heavy atom. The van der Waals surface area contributed by atoms with Crippen molar-refractivity contribution in [3.8, 4) is 0 Å². The number of sulfone groups is 1. The van der Waals surface area contributed by atoms with Crippen LogP contribution in [0.2, 0.25) is 0 Å². The summed E-state index contributed by atoms with van der Waals surface area (Å²) in [5.74, 6) is -0.0200. The molecule has 19 heavy (non-hydrogen) atoms. The first-order chi connectivity index (χ1) is 8.91. The molecule has 1 fully saturated rings. The summed E-state index contributed by atoms with van der Waals surface area (Å²) < 4.78 is 37.1. The van der Waals surface area contributed by atoms with E-state index in [0.717, 1.165) is 0 Å². The Hall–Kier alpha value is -1.14. The molecule has 1 aromatic rings. The second kappa shape index (κ2) is 5.46. The molecule has 0 bridgehead atoms. The molecule has 1 atom stereocenters. The van der Waals surface area contributed by atoms with E-state index in [4.69, 9.17) is 5.73 Å². The maximum atomic E-state index is 13.9. The Morgan fingerprint density at radius 3 is 2.74 bits per heavy atom. The summed E-state index contributed by atoms with van der Waals surface area (Å²) >= 11 is 0. The van der Waals surface area contributed by atoms with Crippen LogP contribution < -0.4 is 10.6 Å². The van der Waals surface area contributed by atoms with Gasteiger partial charge >= 0.3 is 0 Å². The maximum absolute atomic E-state index is 13.9. The fourth-order valence-corrected chi connectivity index (χ4v) is 3.70. The highest BCUT2D eigenvalue weighted by atomic mass is 32.2. The number of anilines is 1. The van der Waals surface area contributed by atoms with Crippen LogP contribution in [0.5, 0.6) is 0 Å². The fraction of sp³-hybridized carbons (Fsp3) is 0.538. The van der Waals surface area contributed by atoms with Crippen molar-refractivity contribution >= 4 is 15.5 Å². The predicted molar refractivity (Wildman–Crippen MR) is 74.5 cm³/mol. The van der Waals surface area contributed by atoms with Crippen molar-refractivity contribution in [3.05, 3.63) is 29.6 Å². The van der Waals surface area contributed by atoms with Crippen LogP contribution in [0, 0.1) is 5.82 Å². The zero-order valence-corrected chi connectivity index (χ0v) is 11.8. The van der Waals surface area contributed by atoms with Crippen LogP contribution in [-0.2, 0) is 9.84 Å². The number of nitrogens with two attached hydrogens (primary N) is 1. The molecule has 0 unspecified atom stereocenters. The fourth-order valence-electron chi connectivity index (χ4n) is 2.43. The topological polar surface area (TPSA) is 63.4 Å². The SMILES string of the molecule is C[C@H](N)c1c(F)cccc1N1CCCS(=O)(=O)CC1. The highest BCUT2D eigenvalue weighted by molar-refractivity contribution is 7.91. The van der Waals surface area contributed by atoms with E-state index in [1.807, 2.05) is 4.90 Å². The van der Waals surface area contributed by atoms with Crippen LogP contribution in [-0.4, -0.2) is 33.0 Å². The first-order valence-corrected chi connectivity index (χ1v) is 8.22. The molecule has 6 heteroatoms. The second-order valence-electron chi connectivity index (χ2n) is 4.95. The molecule has 0 saturated carbocycles. The molecule has 1 aliphatic rings. The molecule has 0 radical (unpaired) electrons. The second-order valence-corrected chi connectivity index (χ2v) is 7.26. The van der Waals surface area contributed by atoms with Gasteiger partial charge in [-0.3, -0.25) is 0 Å². The molecule has 4 nitrogen and oxygen atoms in total. The monoisotopic (exact) mass is 286 g/mol. The molecule has 2 rings (SSSR count). The molecular weight excluding hydrogens is 267 g/mol. The molecule has 106 valence electrons. The predicted octanol–water partition coefficient (Wildman–Crippen LogP) is 1.47. The van der Waals surface area contributed by atoms with Gasteiger partial charge in [0.1, 0.15) is 5.82 Å². The number of rotatable bonds is 2. The van der Waals surface area contributed by atoms with E-state index in [9.17, 15) is 12.8 Å². The largest absolute Gasteiger partial charge is 0.370 e. The summed E-state index contributed by atoms with van der Waals surface area (Å²) in [6.45, 7) is 2.74. The van der Waals surface area contributed by atoms with Gasteiger partial charge in [0.25, 0.3) is 0 Å². The average molecular weight is 286 g/mol. The summed E-state index contributed by atoms with van der Waals surface area (Å²) in [7, 11) is -2.97. The van der Waals surface area contributed by atoms with Crippen molar-refractivity contribution in [1.29, 1.82) is 0 Å². The highest BCUT2D eigenvalue weighted by Gasteiger charge is 2.23. The van der Waals surface area contributed by atoms with Gasteiger partial charge in [-0.15, -0.1) is 0 Å². The molecule has 1 aliphatic heterocycles. The van der Waals surface area contributed by atoms with Crippen molar-refractivity contribution in [3.63, 3.8) is 0 Å². The van der Waals surface area contributed by atoms with Crippen molar-refractivity contribution < 1.29 is 12.8 Å². The zero-order chi connectivity index (χ0) is 14.0. The van der Waals surface area contributed by atoms with Crippen molar-refractivity contribution in [2.75, 3.05) is 29.5 Å². The number of hydrogen-bond donors (Lipinski definition) is 1. The standard InChI is InChI=1S/C13H19FN2O2S/c1-10(15)13-11(14)4-2-5-12(13)16-6-3-8-19(17,18)9-7-16/h2,4-5,10H,3,6-9,15H2,1H3/t10-/m0/s1. The Kier molecular flexibility index (Phi) is 4.10. The smallest absolute Gasteiger partial charge is 0.152 e. The summed E-state index contributed by atoms with van der Waals surface area (Å²) in [5, 5.41) is 0. The van der Waals surface area contributed by atoms with Gasteiger partial charge in [0.15, 0.2) is 9.84 Å². The van der Waals surface area contributed by atoms with Gasteiger partial charge in [0, 0.05) is 30.4 Å². The molecule has 0 aromatic heterocycles. The Bertz CT molecular complexity index is 558. The van der Waals surface area contributed by atoms with Crippen molar-refractivity contribution in [2.45, 2.75) is 19.4 Å². The highest BCUT2D eigenvalue weighted by Crippen LogP contribution is 2.28. The van der Waals surface area contributed by atoms with Crippen molar-refractivity contribution in [1.82, 2.24) is 0 Å². The average Bonchev–Trinajstić information content (AvgIpc) is 2.49. The molecule has 0 spiro atoms. The normalized spacial score (nSPS) is 20.9. The van der Waals surface area contributed by atoms with Crippen molar-refractivity contribution in [2.24, 2.45) is 5.73 Å². The van der Waals surface area contributed by atoms with Crippen LogP contribution in [0.25, 0.3) is 0 Å². The number of nitrogens with zero attached hydrogens (tertiary/aromatic N) is 1. The molecule has 2 N–H and O–H groups in total. The summed E-state index contributed by atoms with van der Waals surface area (Å²) in [6, 6.07) is 4.41. The number of benzene rings is 1. The summed E-state index contributed by atoms with van der Waals surface area (Å²) in [5.41, 5.74) is 7.00. The van der Waals surface area contributed by atoms with Crippen LogP contribution in [0.4, 0.5) is 10.1 Å². The van der Waals surface area contributed by atoms with E-state index >= 15 is 0 Å². The lowest BCUT2D eigenvalue weighted by atomic mass is 10.0. The van der Waals surface area contributed by atoms with Crippen LogP contribution >= 0.6 is 0 Å². The molecule has 1 saturated heterocycles. The Labute approximate surface area is 113 Å². The third-order valence-electron chi connectivity index (χ3n) is 3.38. The van der Waals surface area contributed by atoms with Gasteiger partial charge in [-0.05, 0) is 25.5 Å². The molecule has 0 amide bonds. The van der Waals surface area contributed by atoms with Gasteiger partial charge in [-0.1, -0.05) is 6.07 Å². The minimum absolute atomic E-state index is 0.113. The van der Waals surface area contributed by atoms with Gasteiger partial charge in [-0.25, -0.2) is 12.8 Å². The lowest BCUT2D eigenvalue weighted by molar-refractivity contribution is 0.591. The minimum atomic E-state index is -2.97. The first kappa shape index (κ1) is 14.3. The quantitative estimate of drug-likeness (QED) is 0.894. The Balaban J connectivity index is 2.34. The first-order valence-electron chi connectivity index (χ1n) is 6.40. The molecule has 1 heterocycles. The maximum Gasteiger partial charge on any atom is 0.152 e. The van der Waals surface area contributed by atoms with E-state index in [1.165, 1.54) is 6.07 Å². The number of halogens is 1. The third kappa shape index (κ3) is 3.25. The van der Waals surface area contributed by atoms with E-state index in [-0.39, 0.29) is 17.3 Å². The number of hydrogen-bond acceptors (Lipinski definition) is 4. The van der Waals surface area contributed by atoms with E-state index in [0.29, 0.717) is 30.8 Å². The molecule has 0 aliphatic carbocycles. The van der Waals surface area contributed by atoms with Gasteiger partial charge in [-0.2, -0.15) is 0 Å². The van der Waals surface area contributed by atoms with Crippen LogP contribution in [0.3, 0.4) is 0 Å². The summed E-state index contributed by atoms with van der Waals surface area (Å²) in [4.78, 5) is 1.92. The minimum Gasteiger partial charge on any atom is -0.370 e. The van der Waals surface area contributed by atoms with E-state index in [1.54, 1.807) is 19.1 Å². The van der Waals surface area contributed by atoms with E-state index in [2.05, 4.69) is 0 Å². The molecule has 1 aromatic carbocycles. The van der Waals surface area contributed by atoms with Gasteiger partial charge in [0.2, 0.25) is 0 Å². The Morgan fingerprint density at radius 1 is 1.32 bits per heavy atom. The summed E-state index contributed by atoms with van der Waals surface area (Å²) in [6.07, 6.45) is 0.567. The third-order valence-corrected chi connectivity index (χ3v) is 5.10. The van der Waals surface area contributed by atoms with Crippen LogP contribution in [0.15, 0.2) is 18.2 Å². The van der Waals surface area contributed by atoms with Gasteiger partial charge in [0.05, 0.1) is 11.5 Å². The van der Waals surface area contributed by atoms with E-state index < -0.39 is 15.9 Å². The lowest BCUT2D eigenvalue weighted by Gasteiger charge is -2.26. The molecular formula is C13H19FN2O2S. The van der Waals surface area contributed by atoms with Crippen LogP contribution in [0.1, 0.15) is 24.9 Å². The zero-order valence-electron chi connectivity index (χ0n) is 11.0. The lowest BCUT2D eigenvalue weighted by Crippen LogP contribution is -2.29.